The van der Waals surface area contributed by atoms with Crippen molar-refractivity contribution in [1.29, 1.82) is 0 Å². The van der Waals surface area contributed by atoms with E-state index in [2.05, 4.69) is 23.3 Å². The Morgan fingerprint density at radius 1 is 1.16 bits per heavy atom. The van der Waals surface area contributed by atoms with Crippen LogP contribution in [0.5, 0.6) is 0 Å². The molecule has 1 aromatic carbocycles. The number of fused-ring (bicyclic) bond motifs is 1. The maximum Gasteiger partial charge on any atom is 0.325 e. The molecule has 3 amide bonds. The normalized spacial score (nSPS) is 18.5. The molecule has 0 aromatic heterocycles. The molecule has 1 aliphatic heterocycles. The zero-order valence-corrected chi connectivity index (χ0v) is 18.8. The van der Waals surface area contributed by atoms with Crippen LogP contribution in [-0.2, 0) is 32.1 Å². The number of thiol groups is 1. The lowest BCUT2D eigenvalue weighted by Gasteiger charge is -2.39. The van der Waals surface area contributed by atoms with Gasteiger partial charge in [0.1, 0.15) is 18.1 Å². The van der Waals surface area contributed by atoms with Crippen molar-refractivity contribution in [2.45, 2.75) is 57.9 Å². The highest BCUT2D eigenvalue weighted by Crippen LogP contribution is 2.25. The summed E-state index contributed by atoms with van der Waals surface area (Å²) in [5.41, 5.74) is 7.54. The minimum atomic E-state index is -1.17. The standard InChI is InChI=1S/C21H30N4O5S/c1-11(2)17(24-18(26)15(22)10-31)20(28)25-9-14-7-5-4-6-13(14)8-16(25)19(27)23-12(3)21(29)30/h4-7,11-12,15-17,31H,8-10,22H2,1-3H3,(H,23,27)(H,24,26)(H,29,30)/t12-,15+,16?,17+/m1/s1. The van der Waals surface area contributed by atoms with Crippen LogP contribution in [0.4, 0.5) is 0 Å². The summed E-state index contributed by atoms with van der Waals surface area (Å²) < 4.78 is 0. The summed E-state index contributed by atoms with van der Waals surface area (Å²) in [6, 6.07) is 3.69. The number of aliphatic carboxylic acids is 1. The molecule has 170 valence electrons. The van der Waals surface area contributed by atoms with Crippen LogP contribution in [0, 0.1) is 5.92 Å². The molecule has 1 heterocycles. The van der Waals surface area contributed by atoms with Crippen LogP contribution in [0.3, 0.4) is 0 Å². The first kappa shape index (κ1) is 24.7. The molecule has 0 spiro atoms. The van der Waals surface area contributed by atoms with Gasteiger partial charge in [0.2, 0.25) is 17.7 Å². The average molecular weight is 451 g/mol. The van der Waals surface area contributed by atoms with Gasteiger partial charge >= 0.3 is 5.97 Å². The van der Waals surface area contributed by atoms with E-state index in [0.29, 0.717) is 0 Å². The molecule has 10 heteroatoms. The fraction of sp³-hybridized carbons (Fsp3) is 0.524. The van der Waals surface area contributed by atoms with E-state index in [1.165, 1.54) is 11.8 Å². The molecule has 0 radical (unpaired) electrons. The van der Waals surface area contributed by atoms with Gasteiger partial charge in [0.05, 0.1) is 6.04 Å². The monoisotopic (exact) mass is 450 g/mol. The summed E-state index contributed by atoms with van der Waals surface area (Å²) >= 11 is 4.02. The van der Waals surface area contributed by atoms with Crippen LogP contribution in [0.2, 0.25) is 0 Å². The molecule has 1 aromatic rings. The number of nitrogens with two attached hydrogens (primary N) is 1. The van der Waals surface area contributed by atoms with Crippen LogP contribution in [0.15, 0.2) is 24.3 Å². The van der Waals surface area contributed by atoms with E-state index in [-0.39, 0.29) is 24.6 Å². The predicted molar refractivity (Wildman–Crippen MR) is 118 cm³/mol. The highest BCUT2D eigenvalue weighted by molar-refractivity contribution is 7.80. The van der Waals surface area contributed by atoms with Gasteiger partial charge in [-0.1, -0.05) is 38.1 Å². The Hall–Kier alpha value is -2.59. The molecule has 1 unspecified atom stereocenters. The fourth-order valence-corrected chi connectivity index (χ4v) is 3.56. The van der Waals surface area contributed by atoms with Crippen LogP contribution in [0.25, 0.3) is 0 Å². The third-order valence-electron chi connectivity index (χ3n) is 5.33. The van der Waals surface area contributed by atoms with E-state index in [1.54, 1.807) is 13.8 Å². The summed E-state index contributed by atoms with van der Waals surface area (Å²) in [6.07, 6.45) is 0.245. The zero-order chi connectivity index (χ0) is 23.3. The second-order valence-corrected chi connectivity index (χ2v) is 8.41. The largest absolute Gasteiger partial charge is 0.480 e. The Kier molecular flexibility index (Phi) is 8.46. The van der Waals surface area contributed by atoms with Gasteiger partial charge < -0.3 is 26.4 Å². The average Bonchev–Trinajstić information content (AvgIpc) is 2.74. The summed E-state index contributed by atoms with van der Waals surface area (Å²) in [6.45, 7) is 5.11. The van der Waals surface area contributed by atoms with Crippen LogP contribution in [0.1, 0.15) is 31.9 Å². The van der Waals surface area contributed by atoms with Crippen LogP contribution < -0.4 is 16.4 Å². The summed E-state index contributed by atoms with van der Waals surface area (Å²) in [4.78, 5) is 51.3. The number of carboxylic acids is 1. The summed E-state index contributed by atoms with van der Waals surface area (Å²) in [7, 11) is 0. The lowest BCUT2D eigenvalue weighted by molar-refractivity contribution is -0.147. The molecular formula is C21H30N4O5S. The Labute approximate surface area is 187 Å². The molecule has 0 aliphatic carbocycles. The Balaban J connectivity index is 2.34. The van der Waals surface area contributed by atoms with Gasteiger partial charge in [0.25, 0.3) is 0 Å². The predicted octanol–water partition coefficient (Wildman–Crippen LogP) is -0.0729. The van der Waals surface area contributed by atoms with Gasteiger partial charge in [-0.25, -0.2) is 0 Å². The van der Waals surface area contributed by atoms with Gasteiger partial charge in [-0.2, -0.15) is 12.6 Å². The molecule has 0 saturated heterocycles. The maximum absolute atomic E-state index is 13.5. The topological polar surface area (TPSA) is 142 Å². The zero-order valence-electron chi connectivity index (χ0n) is 17.9. The smallest absolute Gasteiger partial charge is 0.325 e. The first-order chi connectivity index (χ1) is 14.6. The summed E-state index contributed by atoms with van der Waals surface area (Å²) in [5, 5.41) is 14.3. The van der Waals surface area contributed by atoms with Crippen molar-refractivity contribution in [2.75, 3.05) is 5.75 Å². The van der Waals surface area contributed by atoms with Crippen molar-refractivity contribution in [1.82, 2.24) is 15.5 Å². The van der Waals surface area contributed by atoms with Gasteiger partial charge in [-0.3, -0.25) is 19.2 Å². The molecular weight excluding hydrogens is 420 g/mol. The molecule has 2 rings (SSSR count). The third kappa shape index (κ3) is 5.98. The van der Waals surface area contributed by atoms with E-state index < -0.39 is 47.9 Å². The number of nitrogens with zero attached hydrogens (tertiary/aromatic N) is 1. The molecule has 31 heavy (non-hydrogen) atoms. The first-order valence-corrected chi connectivity index (χ1v) is 10.8. The second kappa shape index (κ2) is 10.6. The van der Waals surface area contributed by atoms with Crippen LogP contribution >= 0.6 is 12.6 Å². The van der Waals surface area contributed by atoms with E-state index >= 15 is 0 Å². The quantitative estimate of drug-likeness (QED) is 0.351. The van der Waals surface area contributed by atoms with Crippen molar-refractivity contribution in [3.05, 3.63) is 35.4 Å². The fourth-order valence-electron chi connectivity index (χ4n) is 3.40. The number of carbonyl (C=O) groups excluding carboxylic acids is 3. The second-order valence-electron chi connectivity index (χ2n) is 8.04. The Bertz CT molecular complexity index is 847. The highest BCUT2D eigenvalue weighted by atomic mass is 32.1. The minimum Gasteiger partial charge on any atom is -0.480 e. The van der Waals surface area contributed by atoms with Crippen molar-refractivity contribution >= 4 is 36.3 Å². The van der Waals surface area contributed by atoms with Crippen molar-refractivity contribution < 1.29 is 24.3 Å². The van der Waals surface area contributed by atoms with Crippen molar-refractivity contribution in [3.63, 3.8) is 0 Å². The van der Waals surface area contributed by atoms with Crippen molar-refractivity contribution in [2.24, 2.45) is 11.7 Å². The van der Waals surface area contributed by atoms with Gasteiger partial charge in [-0.05, 0) is 24.0 Å². The SMILES string of the molecule is CC(C)[C@H](NC(=O)[C@@H](N)CS)C(=O)N1Cc2ccccc2CC1C(=O)N[C@H](C)C(=O)O. The van der Waals surface area contributed by atoms with Gasteiger partial charge in [0, 0.05) is 18.7 Å². The number of hydrogen-bond acceptors (Lipinski definition) is 6. The molecule has 1 aliphatic rings. The van der Waals surface area contributed by atoms with E-state index in [0.717, 1.165) is 11.1 Å². The molecule has 5 N–H and O–H groups in total. The third-order valence-corrected chi connectivity index (χ3v) is 5.72. The minimum absolute atomic E-state index is 0.125. The molecule has 9 nitrogen and oxygen atoms in total. The van der Waals surface area contributed by atoms with Gasteiger partial charge in [-0.15, -0.1) is 0 Å². The van der Waals surface area contributed by atoms with Crippen molar-refractivity contribution in [3.8, 4) is 0 Å². The highest BCUT2D eigenvalue weighted by Gasteiger charge is 2.39. The van der Waals surface area contributed by atoms with Crippen LogP contribution in [-0.4, -0.2) is 63.6 Å². The number of amides is 3. The van der Waals surface area contributed by atoms with Gasteiger partial charge in [0.15, 0.2) is 0 Å². The first-order valence-electron chi connectivity index (χ1n) is 10.1. The lowest BCUT2D eigenvalue weighted by Crippen LogP contribution is -2.61. The number of nitrogens with one attached hydrogen (secondary N) is 2. The summed E-state index contributed by atoms with van der Waals surface area (Å²) in [5.74, 6) is -2.79. The molecule has 4 atom stereocenters. The number of hydrogen-bond donors (Lipinski definition) is 5. The number of benzene rings is 1. The molecule has 0 fully saturated rings. The molecule has 0 saturated carbocycles. The van der Waals surface area contributed by atoms with E-state index in [4.69, 9.17) is 10.8 Å². The maximum atomic E-state index is 13.5. The molecule has 0 bridgehead atoms. The Morgan fingerprint density at radius 2 is 1.77 bits per heavy atom. The number of rotatable bonds is 8. The Morgan fingerprint density at radius 3 is 2.32 bits per heavy atom. The number of carboxylic acid groups (broad SMARTS) is 1. The van der Waals surface area contributed by atoms with E-state index in [9.17, 15) is 19.2 Å². The number of carbonyl (C=O) groups is 4. The van der Waals surface area contributed by atoms with E-state index in [1.807, 2.05) is 24.3 Å². The lowest BCUT2D eigenvalue weighted by atomic mass is 9.91.